The Morgan fingerprint density at radius 1 is 0.232 bits per heavy atom. The smallest absolute Gasteiger partial charge is 0.0726 e. The van der Waals surface area contributed by atoms with Crippen LogP contribution in [-0.4, -0.2) is 0 Å². The van der Waals surface area contributed by atoms with Gasteiger partial charge >= 0.3 is 0 Å². The molecule has 69 heavy (non-hydrogen) atoms. The second-order valence-corrected chi connectivity index (χ2v) is 18.6. The van der Waals surface area contributed by atoms with Crippen molar-refractivity contribution in [2.75, 3.05) is 4.90 Å². The van der Waals surface area contributed by atoms with E-state index in [0.717, 1.165) is 17.1 Å². The molecule has 0 atom stereocenters. The third-order valence-electron chi connectivity index (χ3n) is 15.4. The van der Waals surface area contributed by atoms with Gasteiger partial charge in [0, 0.05) is 16.9 Å². The molecule has 0 amide bonds. The van der Waals surface area contributed by atoms with Crippen LogP contribution in [0.2, 0.25) is 0 Å². The molecular weight excluding hydrogens is 831 g/mol. The van der Waals surface area contributed by atoms with Crippen molar-refractivity contribution in [3.05, 3.63) is 317 Å². The molecule has 3 aliphatic carbocycles. The molecule has 0 saturated carbocycles. The zero-order chi connectivity index (χ0) is 45.5. The van der Waals surface area contributed by atoms with Crippen LogP contribution in [0.25, 0.3) is 55.6 Å². The summed E-state index contributed by atoms with van der Waals surface area (Å²) in [5.41, 5.74) is 25.3. The van der Waals surface area contributed by atoms with Crippen LogP contribution in [0, 0.1) is 0 Å². The van der Waals surface area contributed by atoms with Gasteiger partial charge in [-0.1, -0.05) is 243 Å². The van der Waals surface area contributed by atoms with Crippen molar-refractivity contribution in [1.29, 1.82) is 0 Å². The largest absolute Gasteiger partial charge is 0.310 e. The minimum Gasteiger partial charge on any atom is -0.310 e. The van der Waals surface area contributed by atoms with Crippen molar-refractivity contribution in [1.82, 2.24) is 0 Å². The third kappa shape index (κ3) is 5.53. The first kappa shape index (κ1) is 39.4. The normalized spacial score (nSPS) is 13.7. The Hall–Kier alpha value is -8.78. The summed E-state index contributed by atoms with van der Waals surface area (Å²) >= 11 is 0. The molecule has 0 saturated heterocycles. The molecule has 1 spiro atoms. The van der Waals surface area contributed by atoms with Crippen LogP contribution in [0.1, 0.15) is 44.5 Å². The second-order valence-electron chi connectivity index (χ2n) is 18.6. The van der Waals surface area contributed by atoms with Gasteiger partial charge in [0.1, 0.15) is 0 Å². The minimum absolute atomic E-state index is 0.465. The Morgan fingerprint density at radius 3 is 1.19 bits per heavy atom. The van der Waals surface area contributed by atoms with Crippen LogP contribution in [0.4, 0.5) is 17.1 Å². The monoisotopic (exact) mass is 875 g/mol. The number of hydrogen-bond donors (Lipinski definition) is 0. The minimum atomic E-state index is -0.492. The molecule has 11 aromatic carbocycles. The van der Waals surface area contributed by atoms with E-state index in [2.05, 4.69) is 278 Å². The molecule has 0 aromatic heterocycles. The summed E-state index contributed by atoms with van der Waals surface area (Å²) in [5, 5.41) is 0. The van der Waals surface area contributed by atoms with E-state index in [1.54, 1.807) is 0 Å². The van der Waals surface area contributed by atoms with Crippen molar-refractivity contribution in [3.8, 4) is 55.6 Å². The predicted molar refractivity (Wildman–Crippen MR) is 286 cm³/mol. The lowest BCUT2D eigenvalue weighted by Crippen LogP contribution is -2.28. The number of benzene rings is 11. The lowest BCUT2D eigenvalue weighted by molar-refractivity contribution is 0.768. The Labute approximate surface area is 403 Å². The first-order chi connectivity index (χ1) is 34.3. The highest BCUT2D eigenvalue weighted by Crippen LogP contribution is 2.65. The number of fused-ring (bicyclic) bond motifs is 13. The molecular formula is C68H45N. The first-order valence-electron chi connectivity index (χ1n) is 24.1. The SMILES string of the molecule is c1ccc(-c2ccccc2-c2ccc(N(c3ccc4c(c3)-c3ccccc3C4(c3ccccc3)c3ccccc3)c3cccc4c3-c3ccccc3C43c4ccccc4-c4ccccc43)cc2)cc1. The average molecular weight is 876 g/mol. The van der Waals surface area contributed by atoms with Crippen LogP contribution in [0.15, 0.2) is 273 Å². The lowest BCUT2D eigenvalue weighted by Gasteiger charge is -2.34. The maximum absolute atomic E-state index is 2.53. The quantitative estimate of drug-likeness (QED) is 0.154. The van der Waals surface area contributed by atoms with E-state index >= 15 is 0 Å². The molecule has 14 rings (SSSR count). The molecule has 1 heteroatoms. The zero-order valence-corrected chi connectivity index (χ0v) is 37.9. The number of rotatable bonds is 7. The Kier molecular flexibility index (Phi) is 8.78. The Morgan fingerprint density at radius 2 is 0.623 bits per heavy atom. The van der Waals surface area contributed by atoms with Gasteiger partial charge in [-0.25, -0.2) is 0 Å². The summed E-state index contributed by atoms with van der Waals surface area (Å²) in [7, 11) is 0. The molecule has 0 heterocycles. The van der Waals surface area contributed by atoms with E-state index < -0.39 is 10.8 Å². The number of nitrogens with zero attached hydrogens (tertiary/aromatic N) is 1. The van der Waals surface area contributed by atoms with Gasteiger partial charge in [0.15, 0.2) is 0 Å². The fourth-order valence-electron chi connectivity index (χ4n) is 12.7. The molecule has 0 aliphatic heterocycles. The summed E-state index contributed by atoms with van der Waals surface area (Å²) < 4.78 is 0. The van der Waals surface area contributed by atoms with Crippen molar-refractivity contribution in [2.24, 2.45) is 0 Å². The number of hydrogen-bond acceptors (Lipinski definition) is 1. The standard InChI is InChI=1S/C68H45N/c1-4-21-46(22-5-1)52-27-10-11-28-53(52)47-39-41-50(42-40-47)69(51-43-44-63-58(45-51)56-31-14-16-33-59(56)67(63,48-23-6-2-7-24-48)49-25-8-3-9-26-49)65-38-20-37-64-66(65)57-32-15-19-36-62(57)68(64)60-34-17-12-29-54(60)55-30-13-18-35-61(55)68/h1-45H. The first-order valence-corrected chi connectivity index (χ1v) is 24.1. The van der Waals surface area contributed by atoms with E-state index in [-0.39, 0.29) is 0 Å². The average Bonchev–Trinajstić information content (AvgIpc) is 4.02. The molecule has 0 radical (unpaired) electrons. The maximum atomic E-state index is 2.53. The van der Waals surface area contributed by atoms with Gasteiger partial charge in [-0.05, 0) is 125 Å². The van der Waals surface area contributed by atoms with Gasteiger partial charge in [-0.3, -0.25) is 0 Å². The topological polar surface area (TPSA) is 3.24 Å². The van der Waals surface area contributed by atoms with E-state index in [0.29, 0.717) is 0 Å². The van der Waals surface area contributed by atoms with Crippen LogP contribution >= 0.6 is 0 Å². The fourth-order valence-corrected chi connectivity index (χ4v) is 12.7. The van der Waals surface area contributed by atoms with Crippen LogP contribution in [0.3, 0.4) is 0 Å². The zero-order valence-electron chi connectivity index (χ0n) is 37.9. The van der Waals surface area contributed by atoms with E-state index in [4.69, 9.17) is 0 Å². The van der Waals surface area contributed by atoms with Crippen LogP contribution in [-0.2, 0) is 10.8 Å². The molecule has 0 bridgehead atoms. The molecule has 0 fully saturated rings. The Balaban J connectivity index is 1.03. The molecule has 322 valence electrons. The van der Waals surface area contributed by atoms with Gasteiger partial charge in [0.05, 0.1) is 16.5 Å². The van der Waals surface area contributed by atoms with Crippen molar-refractivity contribution < 1.29 is 0 Å². The molecule has 0 N–H and O–H groups in total. The summed E-state index contributed by atoms with van der Waals surface area (Å²) in [6.07, 6.45) is 0. The van der Waals surface area contributed by atoms with Gasteiger partial charge in [0.2, 0.25) is 0 Å². The highest BCUT2D eigenvalue weighted by molar-refractivity contribution is 6.02. The van der Waals surface area contributed by atoms with Gasteiger partial charge < -0.3 is 4.90 Å². The van der Waals surface area contributed by atoms with Gasteiger partial charge in [-0.15, -0.1) is 0 Å². The maximum Gasteiger partial charge on any atom is 0.0726 e. The van der Waals surface area contributed by atoms with Crippen molar-refractivity contribution in [3.63, 3.8) is 0 Å². The van der Waals surface area contributed by atoms with Gasteiger partial charge in [-0.2, -0.15) is 0 Å². The molecule has 3 aliphatic rings. The predicted octanol–water partition coefficient (Wildman–Crippen LogP) is 17.2. The molecule has 0 unspecified atom stereocenters. The van der Waals surface area contributed by atoms with E-state index in [1.165, 1.54) is 100 Å². The summed E-state index contributed by atoms with van der Waals surface area (Å²) in [6, 6.07) is 102. The molecule has 11 aromatic rings. The van der Waals surface area contributed by atoms with Crippen molar-refractivity contribution in [2.45, 2.75) is 10.8 Å². The third-order valence-corrected chi connectivity index (χ3v) is 15.4. The van der Waals surface area contributed by atoms with Crippen LogP contribution < -0.4 is 4.90 Å². The van der Waals surface area contributed by atoms with Gasteiger partial charge in [0.25, 0.3) is 0 Å². The van der Waals surface area contributed by atoms with Crippen molar-refractivity contribution >= 4 is 17.1 Å². The lowest BCUT2D eigenvalue weighted by atomic mass is 9.68. The summed E-state index contributed by atoms with van der Waals surface area (Å²) in [4.78, 5) is 2.53. The summed E-state index contributed by atoms with van der Waals surface area (Å²) in [5.74, 6) is 0. The Bertz CT molecular complexity index is 3690. The van der Waals surface area contributed by atoms with Crippen LogP contribution in [0.5, 0.6) is 0 Å². The highest BCUT2D eigenvalue weighted by Gasteiger charge is 2.52. The molecule has 1 nitrogen and oxygen atoms in total. The fraction of sp³-hybridized carbons (Fsp3) is 0.0294. The second kappa shape index (κ2) is 15.4. The summed E-state index contributed by atoms with van der Waals surface area (Å²) in [6.45, 7) is 0. The number of anilines is 3. The van der Waals surface area contributed by atoms with E-state index in [1.807, 2.05) is 0 Å². The highest BCUT2D eigenvalue weighted by atomic mass is 15.1. The van der Waals surface area contributed by atoms with E-state index in [9.17, 15) is 0 Å².